The molecular formula is C17H17FN2O5. The van der Waals surface area contributed by atoms with Crippen molar-refractivity contribution in [2.75, 3.05) is 19.8 Å². The molecule has 0 aliphatic heterocycles. The van der Waals surface area contributed by atoms with Gasteiger partial charge in [0, 0.05) is 12.1 Å². The first-order valence-electron chi connectivity index (χ1n) is 7.48. The van der Waals surface area contributed by atoms with Gasteiger partial charge in [-0.25, -0.2) is 4.39 Å². The lowest BCUT2D eigenvalue weighted by Crippen LogP contribution is -2.32. The molecule has 0 saturated carbocycles. The predicted molar refractivity (Wildman–Crippen MR) is 88.2 cm³/mol. The van der Waals surface area contributed by atoms with Crippen molar-refractivity contribution in [3.05, 3.63) is 64.0 Å². The number of aryl methyl sites for hydroxylation is 1. The largest absolute Gasteiger partial charge is 0.492 e. The molecule has 0 unspecified atom stereocenters. The van der Waals surface area contributed by atoms with Crippen LogP contribution in [0.3, 0.4) is 0 Å². The molecule has 0 fully saturated rings. The Balaban J connectivity index is 1.76. The van der Waals surface area contributed by atoms with Gasteiger partial charge in [0.25, 0.3) is 5.91 Å². The van der Waals surface area contributed by atoms with Gasteiger partial charge < -0.3 is 14.8 Å². The minimum absolute atomic E-state index is 0.237. The molecule has 132 valence electrons. The number of benzene rings is 2. The molecule has 8 heteroatoms. The molecule has 0 aromatic heterocycles. The van der Waals surface area contributed by atoms with Gasteiger partial charge in [0.15, 0.2) is 6.61 Å². The Morgan fingerprint density at radius 1 is 1.24 bits per heavy atom. The van der Waals surface area contributed by atoms with Crippen LogP contribution in [0.4, 0.5) is 10.1 Å². The van der Waals surface area contributed by atoms with Crippen LogP contribution in [-0.4, -0.2) is 30.6 Å². The number of hydrogen-bond donors (Lipinski definition) is 1. The Kier molecular flexibility index (Phi) is 6.27. The molecule has 1 N–H and O–H groups in total. The number of amides is 1. The summed E-state index contributed by atoms with van der Waals surface area (Å²) in [6.45, 7) is 1.98. The molecule has 7 nitrogen and oxygen atoms in total. The lowest BCUT2D eigenvalue weighted by Gasteiger charge is -2.09. The third kappa shape index (κ3) is 5.76. The maximum Gasteiger partial charge on any atom is 0.311 e. The first-order valence-corrected chi connectivity index (χ1v) is 7.48. The second-order valence-corrected chi connectivity index (χ2v) is 5.17. The van der Waals surface area contributed by atoms with E-state index in [-0.39, 0.29) is 18.9 Å². The van der Waals surface area contributed by atoms with Crippen molar-refractivity contribution in [1.29, 1.82) is 0 Å². The van der Waals surface area contributed by atoms with Crippen molar-refractivity contribution in [1.82, 2.24) is 5.32 Å². The molecule has 2 rings (SSSR count). The average Bonchev–Trinajstić information content (AvgIpc) is 2.57. The molecule has 2 aromatic carbocycles. The van der Waals surface area contributed by atoms with Crippen LogP contribution in [0, 0.1) is 22.9 Å². The van der Waals surface area contributed by atoms with Gasteiger partial charge in [-0.05, 0) is 30.7 Å². The number of rotatable bonds is 8. The minimum Gasteiger partial charge on any atom is -0.492 e. The molecule has 0 heterocycles. The summed E-state index contributed by atoms with van der Waals surface area (Å²) in [5.41, 5.74) is 0.656. The lowest BCUT2D eigenvalue weighted by molar-refractivity contribution is -0.385. The van der Waals surface area contributed by atoms with E-state index in [1.807, 2.05) is 25.1 Å². The van der Waals surface area contributed by atoms with Crippen molar-refractivity contribution in [3.63, 3.8) is 0 Å². The van der Waals surface area contributed by atoms with Gasteiger partial charge in [0.2, 0.25) is 5.75 Å². The molecule has 0 saturated heterocycles. The highest BCUT2D eigenvalue weighted by molar-refractivity contribution is 5.77. The zero-order valence-electron chi connectivity index (χ0n) is 13.5. The Bertz CT molecular complexity index is 766. The summed E-state index contributed by atoms with van der Waals surface area (Å²) in [5.74, 6) is -0.781. The summed E-state index contributed by atoms with van der Waals surface area (Å²) in [7, 11) is 0. The molecule has 25 heavy (non-hydrogen) atoms. The lowest BCUT2D eigenvalue weighted by atomic mass is 10.2. The molecule has 0 radical (unpaired) electrons. The fourth-order valence-electron chi connectivity index (χ4n) is 2.01. The standard InChI is InChI=1S/C17H17FN2O5/c1-12-3-2-4-14(9-12)24-8-7-19-17(21)11-25-16-10-13(18)5-6-15(16)20(22)23/h2-6,9-10H,7-8,11H2,1H3,(H,19,21). The minimum atomic E-state index is -0.706. The summed E-state index contributed by atoms with van der Waals surface area (Å²) < 4.78 is 23.7. The van der Waals surface area contributed by atoms with Gasteiger partial charge >= 0.3 is 5.69 Å². The van der Waals surface area contributed by atoms with E-state index in [2.05, 4.69) is 5.32 Å². The monoisotopic (exact) mass is 348 g/mol. The molecule has 1 amide bonds. The first kappa shape index (κ1) is 18.2. The van der Waals surface area contributed by atoms with E-state index in [4.69, 9.17) is 9.47 Å². The number of nitro benzene ring substituents is 1. The van der Waals surface area contributed by atoms with Crippen LogP contribution in [-0.2, 0) is 4.79 Å². The summed E-state index contributed by atoms with van der Waals surface area (Å²) in [4.78, 5) is 21.8. The Morgan fingerprint density at radius 3 is 2.76 bits per heavy atom. The van der Waals surface area contributed by atoms with Crippen LogP contribution in [0.25, 0.3) is 0 Å². The van der Waals surface area contributed by atoms with Gasteiger partial charge in [0.05, 0.1) is 11.5 Å². The summed E-state index contributed by atoms with van der Waals surface area (Å²) in [5, 5.41) is 13.4. The van der Waals surface area contributed by atoms with Crippen molar-refractivity contribution < 1.29 is 23.6 Å². The van der Waals surface area contributed by atoms with Crippen LogP contribution in [0.1, 0.15) is 5.56 Å². The number of nitro groups is 1. The molecule has 0 spiro atoms. The van der Waals surface area contributed by atoms with Crippen molar-refractivity contribution in [2.45, 2.75) is 6.92 Å². The summed E-state index contributed by atoms with van der Waals surface area (Å²) in [6, 6.07) is 10.3. The normalized spacial score (nSPS) is 10.2. The summed E-state index contributed by atoms with van der Waals surface area (Å²) in [6.07, 6.45) is 0. The van der Waals surface area contributed by atoms with Crippen LogP contribution in [0.2, 0.25) is 0 Å². The third-order valence-corrected chi connectivity index (χ3v) is 3.16. The zero-order chi connectivity index (χ0) is 18.2. The van der Waals surface area contributed by atoms with Crippen LogP contribution >= 0.6 is 0 Å². The van der Waals surface area contributed by atoms with Crippen LogP contribution in [0.5, 0.6) is 11.5 Å². The van der Waals surface area contributed by atoms with Gasteiger partial charge in [-0.3, -0.25) is 14.9 Å². The van der Waals surface area contributed by atoms with Gasteiger partial charge in [0.1, 0.15) is 18.2 Å². The number of carbonyl (C=O) groups is 1. The fourth-order valence-corrected chi connectivity index (χ4v) is 2.01. The third-order valence-electron chi connectivity index (χ3n) is 3.16. The van der Waals surface area contributed by atoms with E-state index in [1.165, 1.54) is 0 Å². The second kappa shape index (κ2) is 8.62. The highest BCUT2D eigenvalue weighted by Gasteiger charge is 2.16. The number of carbonyl (C=O) groups excluding carboxylic acids is 1. The fraction of sp³-hybridized carbons (Fsp3) is 0.235. The Labute approximate surface area is 143 Å². The number of hydrogen-bond acceptors (Lipinski definition) is 5. The van der Waals surface area contributed by atoms with Gasteiger partial charge in [-0.1, -0.05) is 12.1 Å². The zero-order valence-corrected chi connectivity index (χ0v) is 13.5. The van der Waals surface area contributed by atoms with Gasteiger partial charge in [-0.2, -0.15) is 0 Å². The maximum absolute atomic E-state index is 13.2. The molecular weight excluding hydrogens is 331 g/mol. The van der Waals surface area contributed by atoms with Gasteiger partial charge in [-0.15, -0.1) is 0 Å². The maximum atomic E-state index is 13.2. The molecule has 0 atom stereocenters. The number of ether oxygens (including phenoxy) is 2. The van der Waals surface area contributed by atoms with E-state index in [9.17, 15) is 19.3 Å². The predicted octanol–water partition coefficient (Wildman–Crippen LogP) is 2.62. The van der Waals surface area contributed by atoms with Crippen molar-refractivity contribution in [2.24, 2.45) is 0 Å². The van der Waals surface area contributed by atoms with E-state index < -0.39 is 28.9 Å². The molecule has 0 aliphatic carbocycles. The average molecular weight is 348 g/mol. The second-order valence-electron chi connectivity index (χ2n) is 5.17. The Morgan fingerprint density at radius 2 is 2.04 bits per heavy atom. The van der Waals surface area contributed by atoms with E-state index in [0.717, 1.165) is 23.8 Å². The number of nitrogens with one attached hydrogen (secondary N) is 1. The van der Waals surface area contributed by atoms with Crippen molar-refractivity contribution >= 4 is 11.6 Å². The smallest absolute Gasteiger partial charge is 0.311 e. The van der Waals surface area contributed by atoms with Crippen molar-refractivity contribution in [3.8, 4) is 11.5 Å². The van der Waals surface area contributed by atoms with E-state index in [1.54, 1.807) is 6.07 Å². The highest BCUT2D eigenvalue weighted by atomic mass is 19.1. The van der Waals surface area contributed by atoms with E-state index >= 15 is 0 Å². The highest BCUT2D eigenvalue weighted by Crippen LogP contribution is 2.27. The topological polar surface area (TPSA) is 90.7 Å². The first-order chi connectivity index (χ1) is 12.0. The van der Waals surface area contributed by atoms with Crippen LogP contribution in [0.15, 0.2) is 42.5 Å². The SMILES string of the molecule is Cc1cccc(OCCNC(=O)COc2cc(F)ccc2[N+](=O)[O-])c1. The number of nitrogens with zero attached hydrogens (tertiary/aromatic N) is 1. The van der Waals surface area contributed by atoms with Crippen LogP contribution < -0.4 is 14.8 Å². The molecule has 0 bridgehead atoms. The molecule has 2 aromatic rings. The number of halogens is 1. The van der Waals surface area contributed by atoms with E-state index in [0.29, 0.717) is 5.75 Å². The summed E-state index contributed by atoms with van der Waals surface area (Å²) >= 11 is 0. The Hall–Kier alpha value is -3.16. The molecule has 0 aliphatic rings. The quantitative estimate of drug-likeness (QED) is 0.450.